The molecule has 0 atom stereocenters. The lowest BCUT2D eigenvalue weighted by Crippen LogP contribution is -2.22. The molecule has 1 heterocycles. The molecule has 1 fully saturated rings. The highest BCUT2D eigenvalue weighted by atomic mass is 19.1. The lowest BCUT2D eigenvalue weighted by molar-refractivity contribution is -0.117. The zero-order valence-electron chi connectivity index (χ0n) is 6.74. The van der Waals surface area contributed by atoms with Gasteiger partial charge in [0.25, 0.3) is 5.91 Å². The molecule has 1 amide bonds. The van der Waals surface area contributed by atoms with Crippen molar-refractivity contribution in [3.05, 3.63) is 36.5 Å². The molecule has 0 spiro atoms. The number of hydrogen-bond donors (Lipinski definition) is 0. The molecule has 13 heavy (non-hydrogen) atoms. The van der Waals surface area contributed by atoms with E-state index in [2.05, 4.69) is 0 Å². The Labute approximate surface area is 74.7 Å². The van der Waals surface area contributed by atoms with Crippen LogP contribution in [0.1, 0.15) is 0 Å². The average Bonchev–Trinajstić information content (AvgIpc) is 2.51. The van der Waals surface area contributed by atoms with E-state index in [1.54, 1.807) is 6.07 Å². The zero-order chi connectivity index (χ0) is 9.26. The number of benzene rings is 1. The number of amides is 1. The Kier molecular flexibility index (Phi) is 1.98. The number of carbonyl (C=O) groups is 1. The molecule has 1 saturated heterocycles. The van der Waals surface area contributed by atoms with Crippen LogP contribution < -0.4 is 5.06 Å². The van der Waals surface area contributed by atoms with Crippen molar-refractivity contribution in [2.24, 2.45) is 0 Å². The van der Waals surface area contributed by atoms with Crippen molar-refractivity contribution < 1.29 is 14.0 Å². The van der Waals surface area contributed by atoms with Crippen LogP contribution in [-0.4, -0.2) is 12.5 Å². The normalized spacial score (nSPS) is 16.7. The highest BCUT2D eigenvalue weighted by Crippen LogP contribution is 2.19. The Morgan fingerprint density at radius 2 is 2.31 bits per heavy atom. The highest BCUT2D eigenvalue weighted by molar-refractivity contribution is 5.99. The van der Waals surface area contributed by atoms with E-state index < -0.39 is 0 Å². The Hall–Kier alpha value is -1.42. The summed E-state index contributed by atoms with van der Waals surface area (Å²) in [6.07, 6.45) is 1.39. The van der Waals surface area contributed by atoms with Crippen LogP contribution in [0.25, 0.3) is 0 Å². The second-order valence-corrected chi connectivity index (χ2v) is 2.61. The molecule has 3 nitrogen and oxygen atoms in total. The summed E-state index contributed by atoms with van der Waals surface area (Å²) in [7, 11) is 0. The number of nitrogens with zero attached hydrogens (tertiary/aromatic N) is 1. The molecule has 67 valence electrons. The van der Waals surface area contributed by atoms with Crippen LogP contribution in [0.3, 0.4) is 0 Å². The third-order valence-electron chi connectivity index (χ3n) is 1.70. The van der Waals surface area contributed by atoms with Crippen molar-refractivity contribution in [3.63, 3.8) is 0 Å². The van der Waals surface area contributed by atoms with Crippen LogP contribution in [0.2, 0.25) is 0 Å². The van der Waals surface area contributed by atoms with Crippen molar-refractivity contribution >= 4 is 11.6 Å². The molecule has 1 radical (unpaired) electrons. The molecule has 1 aliphatic heterocycles. The van der Waals surface area contributed by atoms with Gasteiger partial charge in [-0.15, -0.1) is 0 Å². The molecule has 0 N–H and O–H groups in total. The van der Waals surface area contributed by atoms with Gasteiger partial charge in [-0.1, -0.05) is 6.07 Å². The van der Waals surface area contributed by atoms with Gasteiger partial charge in [0.2, 0.25) is 0 Å². The minimum Gasteiger partial charge on any atom is -0.272 e. The summed E-state index contributed by atoms with van der Waals surface area (Å²) in [5.74, 6) is -0.647. The molecule has 0 saturated carbocycles. The number of halogens is 1. The van der Waals surface area contributed by atoms with Gasteiger partial charge in [-0.3, -0.25) is 9.63 Å². The molecule has 1 aromatic carbocycles. The van der Waals surface area contributed by atoms with E-state index in [1.807, 2.05) is 0 Å². The Morgan fingerprint density at radius 1 is 1.46 bits per heavy atom. The molecule has 1 aliphatic rings. The van der Waals surface area contributed by atoms with Gasteiger partial charge in [0, 0.05) is 6.07 Å². The van der Waals surface area contributed by atoms with Crippen LogP contribution in [0, 0.1) is 12.2 Å². The van der Waals surface area contributed by atoms with E-state index >= 15 is 0 Å². The molecule has 1 aromatic rings. The van der Waals surface area contributed by atoms with Gasteiger partial charge in [-0.2, -0.15) is 5.06 Å². The molecular formula is C9H7FNO2. The molecule has 0 aromatic heterocycles. The number of anilines is 1. The van der Waals surface area contributed by atoms with Gasteiger partial charge < -0.3 is 0 Å². The van der Waals surface area contributed by atoms with Crippen molar-refractivity contribution in [1.29, 1.82) is 0 Å². The first-order valence-corrected chi connectivity index (χ1v) is 3.83. The smallest absolute Gasteiger partial charge is 0.257 e. The van der Waals surface area contributed by atoms with Gasteiger partial charge >= 0.3 is 0 Å². The predicted molar refractivity (Wildman–Crippen MR) is 44.1 cm³/mol. The van der Waals surface area contributed by atoms with Crippen molar-refractivity contribution in [3.8, 4) is 0 Å². The first kappa shape index (κ1) is 8.19. The van der Waals surface area contributed by atoms with Gasteiger partial charge in [0.05, 0.1) is 18.7 Å². The summed E-state index contributed by atoms with van der Waals surface area (Å²) < 4.78 is 12.7. The second-order valence-electron chi connectivity index (χ2n) is 2.61. The van der Waals surface area contributed by atoms with Crippen LogP contribution >= 0.6 is 0 Å². The zero-order valence-corrected chi connectivity index (χ0v) is 6.74. The SMILES string of the molecule is O=C1[CH]CON1c1cccc(F)c1. The minimum absolute atomic E-state index is 0.245. The molecule has 0 unspecified atom stereocenters. The van der Waals surface area contributed by atoms with E-state index in [0.29, 0.717) is 5.69 Å². The van der Waals surface area contributed by atoms with E-state index in [9.17, 15) is 9.18 Å². The summed E-state index contributed by atoms with van der Waals surface area (Å²) in [4.78, 5) is 16.1. The fourth-order valence-corrected chi connectivity index (χ4v) is 1.13. The maximum Gasteiger partial charge on any atom is 0.257 e. The standard InChI is InChI=1S/C9H7FNO2/c10-7-2-1-3-8(6-7)11-9(12)4-5-13-11/h1-4,6H,5H2. The van der Waals surface area contributed by atoms with E-state index in [-0.39, 0.29) is 18.3 Å². The van der Waals surface area contributed by atoms with E-state index in [1.165, 1.54) is 24.6 Å². The maximum absolute atomic E-state index is 12.7. The number of hydroxylamine groups is 1. The topological polar surface area (TPSA) is 29.5 Å². The Morgan fingerprint density at radius 3 is 2.92 bits per heavy atom. The number of carbonyl (C=O) groups excluding carboxylic acids is 1. The highest BCUT2D eigenvalue weighted by Gasteiger charge is 2.23. The fourth-order valence-electron chi connectivity index (χ4n) is 1.13. The Bertz CT molecular complexity index is 340. The van der Waals surface area contributed by atoms with Crippen LogP contribution in [0.5, 0.6) is 0 Å². The van der Waals surface area contributed by atoms with Crippen molar-refractivity contribution in [2.45, 2.75) is 0 Å². The summed E-state index contributed by atoms with van der Waals surface area (Å²) in [6.45, 7) is 0.245. The van der Waals surface area contributed by atoms with Gasteiger partial charge in [0.1, 0.15) is 5.82 Å². The summed E-state index contributed by atoms with van der Waals surface area (Å²) in [6, 6.07) is 5.70. The van der Waals surface area contributed by atoms with Gasteiger partial charge in [0.15, 0.2) is 0 Å². The van der Waals surface area contributed by atoms with Crippen LogP contribution in [-0.2, 0) is 9.63 Å². The molecule has 4 heteroatoms. The number of rotatable bonds is 1. The van der Waals surface area contributed by atoms with Crippen LogP contribution in [0.15, 0.2) is 24.3 Å². The summed E-state index contributed by atoms with van der Waals surface area (Å²) in [5, 5.41) is 1.07. The van der Waals surface area contributed by atoms with Gasteiger partial charge in [-0.25, -0.2) is 4.39 Å². The minimum atomic E-state index is -0.388. The second kappa shape index (κ2) is 3.14. The first-order chi connectivity index (χ1) is 6.27. The Balaban J connectivity index is 2.29. The lowest BCUT2D eigenvalue weighted by Gasteiger charge is -2.13. The third-order valence-corrected chi connectivity index (χ3v) is 1.70. The largest absolute Gasteiger partial charge is 0.272 e. The van der Waals surface area contributed by atoms with Crippen LogP contribution in [0.4, 0.5) is 10.1 Å². The average molecular weight is 180 g/mol. The molecule has 0 aliphatic carbocycles. The third kappa shape index (κ3) is 1.53. The maximum atomic E-state index is 12.7. The van der Waals surface area contributed by atoms with Gasteiger partial charge in [-0.05, 0) is 12.1 Å². The molecule has 0 bridgehead atoms. The van der Waals surface area contributed by atoms with E-state index in [0.717, 1.165) is 5.06 Å². The van der Waals surface area contributed by atoms with Crippen molar-refractivity contribution in [1.82, 2.24) is 0 Å². The summed E-state index contributed by atoms with van der Waals surface area (Å²) >= 11 is 0. The van der Waals surface area contributed by atoms with E-state index in [4.69, 9.17) is 4.84 Å². The number of hydrogen-bond acceptors (Lipinski definition) is 2. The first-order valence-electron chi connectivity index (χ1n) is 3.83. The lowest BCUT2D eigenvalue weighted by atomic mass is 10.3. The molecule has 2 rings (SSSR count). The predicted octanol–water partition coefficient (Wildman–Crippen LogP) is 1.31. The van der Waals surface area contributed by atoms with Crippen molar-refractivity contribution in [2.75, 3.05) is 11.7 Å². The monoisotopic (exact) mass is 180 g/mol. The molecular weight excluding hydrogens is 173 g/mol. The quantitative estimate of drug-likeness (QED) is 0.652. The summed E-state index contributed by atoms with van der Waals surface area (Å²) in [5.41, 5.74) is 0.416. The fraction of sp³-hybridized carbons (Fsp3) is 0.111.